The summed E-state index contributed by atoms with van der Waals surface area (Å²) >= 11 is 6.56. The second-order valence-electron chi connectivity index (χ2n) is 7.49. The van der Waals surface area contributed by atoms with Gasteiger partial charge in [-0.3, -0.25) is 0 Å². The fourth-order valence-electron chi connectivity index (χ4n) is 3.94. The Bertz CT molecular complexity index is 844. The van der Waals surface area contributed by atoms with Crippen molar-refractivity contribution in [2.45, 2.75) is 45.4 Å². The third-order valence-corrected chi connectivity index (χ3v) is 5.85. The quantitative estimate of drug-likeness (QED) is 0.851. The summed E-state index contributed by atoms with van der Waals surface area (Å²) in [5.41, 5.74) is 4.06. The van der Waals surface area contributed by atoms with E-state index in [-0.39, 0.29) is 11.9 Å². The summed E-state index contributed by atoms with van der Waals surface area (Å²) in [7, 11) is 0. The monoisotopic (exact) mass is 389 g/mol. The number of hydrogen-bond acceptors (Lipinski definition) is 4. The molecule has 0 bridgehead atoms. The van der Waals surface area contributed by atoms with Gasteiger partial charge in [-0.15, -0.1) is 0 Å². The van der Waals surface area contributed by atoms with Crippen LogP contribution < -0.4 is 10.2 Å². The van der Waals surface area contributed by atoms with Crippen LogP contribution in [0.2, 0.25) is 5.02 Å². The molecule has 1 N–H and O–H groups in total. The molecule has 2 aromatic rings. The van der Waals surface area contributed by atoms with Gasteiger partial charge >= 0.3 is 0 Å². The molecular formula is C21H25ClFN3O. The molecule has 1 fully saturated rings. The Morgan fingerprint density at radius 1 is 1.37 bits per heavy atom. The molecule has 1 aliphatic heterocycles. The normalized spacial score (nSPS) is 22.1. The Morgan fingerprint density at radius 2 is 2.22 bits per heavy atom. The van der Waals surface area contributed by atoms with Gasteiger partial charge < -0.3 is 15.0 Å². The van der Waals surface area contributed by atoms with E-state index >= 15 is 0 Å². The smallest absolute Gasteiger partial charge is 0.148 e. The molecule has 0 radical (unpaired) electrons. The second kappa shape index (κ2) is 7.74. The molecular weight excluding hydrogens is 365 g/mol. The van der Waals surface area contributed by atoms with Gasteiger partial charge in [0.25, 0.3) is 0 Å². The van der Waals surface area contributed by atoms with Crippen molar-refractivity contribution in [3.05, 3.63) is 57.5 Å². The Balaban J connectivity index is 1.55. The number of hydrogen-bond donors (Lipinski definition) is 1. The molecule has 144 valence electrons. The molecule has 27 heavy (non-hydrogen) atoms. The van der Waals surface area contributed by atoms with Gasteiger partial charge in [-0.05, 0) is 61.6 Å². The van der Waals surface area contributed by atoms with Crippen LogP contribution in [0.15, 0.2) is 24.3 Å². The van der Waals surface area contributed by atoms with Gasteiger partial charge in [0, 0.05) is 25.7 Å². The molecule has 4 nitrogen and oxygen atoms in total. The van der Waals surface area contributed by atoms with Crippen molar-refractivity contribution in [1.82, 2.24) is 10.3 Å². The Morgan fingerprint density at radius 3 is 3.04 bits per heavy atom. The standard InChI is InChI=1S/C21H25ClFN3O/c1-13-3-5-17(23)9-16(13)12-27-19-6-4-15-10-18(22)21(25-20(15)19)26-8-7-24-11-14(26)2/h3,5,9-10,14,19,24H,4,6-8,11-12H2,1-2H3. The molecule has 4 rings (SSSR count). The van der Waals surface area contributed by atoms with Crippen LogP contribution in [0, 0.1) is 12.7 Å². The van der Waals surface area contributed by atoms with E-state index in [0.717, 1.165) is 60.7 Å². The van der Waals surface area contributed by atoms with E-state index in [1.807, 2.05) is 13.0 Å². The van der Waals surface area contributed by atoms with Crippen molar-refractivity contribution in [1.29, 1.82) is 0 Å². The summed E-state index contributed by atoms with van der Waals surface area (Å²) in [5.74, 6) is 0.618. The Kier molecular flexibility index (Phi) is 5.35. The van der Waals surface area contributed by atoms with Gasteiger partial charge in [0.2, 0.25) is 0 Å². The highest BCUT2D eigenvalue weighted by Crippen LogP contribution is 2.38. The van der Waals surface area contributed by atoms with Crippen molar-refractivity contribution in [2.75, 3.05) is 24.5 Å². The first-order chi connectivity index (χ1) is 13.0. The van der Waals surface area contributed by atoms with Crippen LogP contribution in [0.5, 0.6) is 0 Å². The van der Waals surface area contributed by atoms with E-state index in [4.69, 9.17) is 21.3 Å². The van der Waals surface area contributed by atoms with E-state index in [9.17, 15) is 4.39 Å². The number of aromatic nitrogens is 1. The number of ether oxygens (including phenoxy) is 1. The van der Waals surface area contributed by atoms with Crippen LogP contribution in [-0.4, -0.2) is 30.7 Å². The largest absolute Gasteiger partial charge is 0.367 e. The highest BCUT2D eigenvalue weighted by Gasteiger charge is 2.29. The van der Waals surface area contributed by atoms with E-state index in [1.165, 1.54) is 6.07 Å². The van der Waals surface area contributed by atoms with Gasteiger partial charge in [0.15, 0.2) is 0 Å². The molecule has 2 aliphatic rings. The van der Waals surface area contributed by atoms with Crippen molar-refractivity contribution >= 4 is 17.4 Å². The molecule has 1 aromatic heterocycles. The lowest BCUT2D eigenvalue weighted by atomic mass is 10.1. The summed E-state index contributed by atoms with van der Waals surface area (Å²) in [6.07, 6.45) is 1.72. The second-order valence-corrected chi connectivity index (χ2v) is 7.90. The lowest BCUT2D eigenvalue weighted by Gasteiger charge is -2.35. The third kappa shape index (κ3) is 3.82. The van der Waals surface area contributed by atoms with Gasteiger partial charge in [0.1, 0.15) is 17.7 Å². The molecule has 6 heteroatoms. The highest BCUT2D eigenvalue weighted by atomic mass is 35.5. The van der Waals surface area contributed by atoms with Crippen LogP contribution in [-0.2, 0) is 17.8 Å². The number of fused-ring (bicyclic) bond motifs is 1. The van der Waals surface area contributed by atoms with Crippen LogP contribution in [0.25, 0.3) is 0 Å². The summed E-state index contributed by atoms with van der Waals surface area (Å²) < 4.78 is 19.7. The molecule has 2 unspecified atom stereocenters. The fourth-order valence-corrected chi connectivity index (χ4v) is 4.22. The van der Waals surface area contributed by atoms with E-state index in [2.05, 4.69) is 17.1 Å². The molecule has 1 aromatic carbocycles. The number of aryl methyl sites for hydroxylation is 2. The number of piperazine rings is 1. The molecule has 0 spiro atoms. The molecule has 2 atom stereocenters. The zero-order valence-corrected chi connectivity index (χ0v) is 16.5. The third-order valence-electron chi connectivity index (χ3n) is 5.58. The minimum Gasteiger partial charge on any atom is -0.367 e. The number of benzene rings is 1. The Labute approximate surface area is 164 Å². The van der Waals surface area contributed by atoms with Crippen LogP contribution in [0.1, 0.15) is 41.8 Å². The van der Waals surface area contributed by atoms with Gasteiger partial charge in [0.05, 0.1) is 17.3 Å². The first-order valence-corrected chi connectivity index (χ1v) is 9.94. The molecule has 1 saturated heterocycles. The summed E-state index contributed by atoms with van der Waals surface area (Å²) in [6, 6.07) is 7.21. The van der Waals surface area contributed by atoms with Crippen LogP contribution in [0.3, 0.4) is 0 Å². The SMILES string of the molecule is Cc1ccc(F)cc1COC1CCc2cc(Cl)c(N3CCNCC3C)nc21. The fraction of sp³-hybridized carbons (Fsp3) is 0.476. The predicted molar refractivity (Wildman–Crippen MR) is 106 cm³/mol. The van der Waals surface area contributed by atoms with Crippen LogP contribution in [0.4, 0.5) is 10.2 Å². The number of nitrogens with zero attached hydrogens (tertiary/aromatic N) is 2. The number of nitrogens with one attached hydrogen (secondary N) is 1. The summed E-state index contributed by atoms with van der Waals surface area (Å²) in [5, 5.41) is 4.11. The van der Waals surface area contributed by atoms with E-state index in [1.54, 1.807) is 12.1 Å². The van der Waals surface area contributed by atoms with Crippen molar-refractivity contribution < 1.29 is 9.13 Å². The topological polar surface area (TPSA) is 37.4 Å². The zero-order chi connectivity index (χ0) is 19.0. The van der Waals surface area contributed by atoms with Crippen LogP contribution >= 0.6 is 11.6 Å². The number of halogens is 2. The van der Waals surface area contributed by atoms with Crippen molar-refractivity contribution in [3.8, 4) is 0 Å². The molecule has 0 saturated carbocycles. The maximum absolute atomic E-state index is 13.5. The predicted octanol–water partition coefficient (Wildman–Crippen LogP) is 4.18. The van der Waals surface area contributed by atoms with Gasteiger partial charge in [-0.2, -0.15) is 0 Å². The molecule has 2 heterocycles. The maximum atomic E-state index is 13.5. The van der Waals surface area contributed by atoms with Crippen molar-refractivity contribution in [2.24, 2.45) is 0 Å². The molecule has 1 aliphatic carbocycles. The average molecular weight is 390 g/mol. The number of rotatable bonds is 4. The first-order valence-electron chi connectivity index (χ1n) is 9.56. The van der Waals surface area contributed by atoms with E-state index < -0.39 is 0 Å². The minimum atomic E-state index is -0.231. The minimum absolute atomic E-state index is 0.0723. The average Bonchev–Trinajstić information content (AvgIpc) is 3.04. The highest BCUT2D eigenvalue weighted by molar-refractivity contribution is 6.33. The number of pyridine rings is 1. The summed E-state index contributed by atoms with van der Waals surface area (Å²) in [4.78, 5) is 7.20. The lowest BCUT2D eigenvalue weighted by molar-refractivity contribution is 0.0382. The van der Waals surface area contributed by atoms with Crippen molar-refractivity contribution in [3.63, 3.8) is 0 Å². The van der Waals surface area contributed by atoms with Gasteiger partial charge in [-0.25, -0.2) is 9.37 Å². The first kappa shape index (κ1) is 18.7. The lowest BCUT2D eigenvalue weighted by Crippen LogP contribution is -2.50. The zero-order valence-electron chi connectivity index (χ0n) is 15.8. The number of anilines is 1. The van der Waals surface area contributed by atoms with E-state index in [0.29, 0.717) is 17.7 Å². The maximum Gasteiger partial charge on any atom is 0.148 e. The summed E-state index contributed by atoms with van der Waals surface area (Å²) in [6.45, 7) is 7.28. The molecule has 0 amide bonds. The van der Waals surface area contributed by atoms with Gasteiger partial charge in [-0.1, -0.05) is 17.7 Å². The Hall–Kier alpha value is -1.69.